The van der Waals surface area contributed by atoms with Crippen molar-refractivity contribution in [3.05, 3.63) is 12.0 Å². The predicted octanol–water partition coefficient (Wildman–Crippen LogP) is 2.24. The molecular formula is C9H15NO2S. The van der Waals surface area contributed by atoms with Crippen molar-refractivity contribution in [3.63, 3.8) is 0 Å². The van der Waals surface area contributed by atoms with E-state index in [2.05, 4.69) is 4.98 Å². The molecule has 0 saturated heterocycles. The molecule has 0 aliphatic rings. The Morgan fingerprint density at radius 2 is 2.31 bits per heavy atom. The minimum Gasteiger partial charge on any atom is -0.440 e. The zero-order chi connectivity index (χ0) is 9.52. The summed E-state index contributed by atoms with van der Waals surface area (Å²) in [6, 6.07) is 0. The van der Waals surface area contributed by atoms with Crippen LogP contribution in [0.1, 0.15) is 25.0 Å². The maximum atomic E-state index is 8.55. The molecule has 4 heteroatoms. The van der Waals surface area contributed by atoms with E-state index >= 15 is 0 Å². The summed E-state index contributed by atoms with van der Waals surface area (Å²) in [5.41, 5.74) is 0.929. The highest BCUT2D eigenvalue weighted by molar-refractivity contribution is 7.99. The molecule has 1 aromatic heterocycles. The van der Waals surface area contributed by atoms with Crippen molar-refractivity contribution in [3.8, 4) is 0 Å². The summed E-state index contributed by atoms with van der Waals surface area (Å²) in [7, 11) is 0. The largest absolute Gasteiger partial charge is 0.440 e. The molecule has 0 spiro atoms. The van der Waals surface area contributed by atoms with Gasteiger partial charge in [-0.2, -0.15) is 0 Å². The number of aliphatic hydroxyl groups excluding tert-OH is 1. The van der Waals surface area contributed by atoms with Gasteiger partial charge >= 0.3 is 0 Å². The highest BCUT2D eigenvalue weighted by atomic mass is 32.2. The van der Waals surface area contributed by atoms with E-state index in [-0.39, 0.29) is 0 Å². The molecule has 0 amide bonds. The zero-order valence-electron chi connectivity index (χ0n) is 7.82. The number of hydrogen-bond donors (Lipinski definition) is 1. The van der Waals surface area contributed by atoms with Crippen LogP contribution in [0.5, 0.6) is 0 Å². The van der Waals surface area contributed by atoms with Gasteiger partial charge in [0.2, 0.25) is 0 Å². The quantitative estimate of drug-likeness (QED) is 0.566. The molecule has 3 nitrogen and oxygen atoms in total. The molecule has 0 atom stereocenters. The topological polar surface area (TPSA) is 46.3 Å². The van der Waals surface area contributed by atoms with Crippen LogP contribution in [0.25, 0.3) is 0 Å². The van der Waals surface area contributed by atoms with Crippen LogP contribution in [0.3, 0.4) is 0 Å². The van der Waals surface area contributed by atoms with Crippen LogP contribution in [0, 0.1) is 6.92 Å². The maximum Gasteiger partial charge on any atom is 0.255 e. The Bertz CT molecular complexity index is 237. The number of nitrogens with zero attached hydrogens (tertiary/aromatic N) is 1. The van der Waals surface area contributed by atoms with Crippen LogP contribution in [-0.4, -0.2) is 22.5 Å². The number of oxazole rings is 1. The third-order valence-corrected chi connectivity index (χ3v) is 2.55. The van der Waals surface area contributed by atoms with Crippen molar-refractivity contribution in [2.75, 3.05) is 12.4 Å². The summed E-state index contributed by atoms with van der Waals surface area (Å²) in [5, 5.41) is 9.30. The Balaban J connectivity index is 2.06. The van der Waals surface area contributed by atoms with Gasteiger partial charge in [-0.3, -0.25) is 0 Å². The minimum atomic E-state index is 0.294. The fourth-order valence-electron chi connectivity index (χ4n) is 0.949. The molecule has 0 aliphatic carbocycles. The maximum absolute atomic E-state index is 8.55. The average molecular weight is 201 g/mol. The zero-order valence-corrected chi connectivity index (χ0v) is 8.64. The molecule has 13 heavy (non-hydrogen) atoms. The molecule has 1 rings (SSSR count). The van der Waals surface area contributed by atoms with Crippen molar-refractivity contribution in [1.82, 2.24) is 4.98 Å². The van der Waals surface area contributed by atoms with Crippen molar-refractivity contribution in [1.29, 1.82) is 0 Å². The highest BCUT2D eigenvalue weighted by Crippen LogP contribution is 2.18. The summed E-state index contributed by atoms with van der Waals surface area (Å²) < 4.78 is 5.17. The standard InChI is InChI=1S/C9H15NO2S/c1-8-7-12-9(10-8)13-6-4-2-3-5-11/h7,11H,2-6H2,1H3. The summed E-state index contributed by atoms with van der Waals surface area (Å²) in [6.07, 6.45) is 4.73. The average Bonchev–Trinajstić information content (AvgIpc) is 2.51. The van der Waals surface area contributed by atoms with Crippen LogP contribution >= 0.6 is 11.8 Å². The SMILES string of the molecule is Cc1coc(SCCCCCO)n1. The first-order valence-corrected chi connectivity index (χ1v) is 5.47. The van der Waals surface area contributed by atoms with E-state index in [1.165, 1.54) is 0 Å². The number of aromatic nitrogens is 1. The first-order valence-electron chi connectivity index (χ1n) is 4.48. The lowest BCUT2D eigenvalue weighted by Gasteiger charge is -1.95. The Labute approximate surface area is 82.6 Å². The highest BCUT2D eigenvalue weighted by Gasteiger charge is 1.99. The molecule has 0 aliphatic heterocycles. The lowest BCUT2D eigenvalue weighted by Crippen LogP contribution is -1.85. The van der Waals surface area contributed by atoms with E-state index in [4.69, 9.17) is 9.52 Å². The molecule has 0 fully saturated rings. The van der Waals surface area contributed by atoms with Gasteiger partial charge in [0.05, 0.1) is 5.69 Å². The van der Waals surface area contributed by atoms with Crippen LogP contribution in [-0.2, 0) is 0 Å². The summed E-state index contributed by atoms with van der Waals surface area (Å²) in [6.45, 7) is 2.21. The fraction of sp³-hybridized carbons (Fsp3) is 0.667. The lowest BCUT2D eigenvalue weighted by molar-refractivity contribution is 0.284. The molecule has 0 saturated carbocycles. The second-order valence-electron chi connectivity index (χ2n) is 2.89. The van der Waals surface area contributed by atoms with Crippen molar-refractivity contribution in [2.45, 2.75) is 31.4 Å². The lowest BCUT2D eigenvalue weighted by atomic mass is 10.3. The Hall–Kier alpha value is -0.480. The predicted molar refractivity (Wildman–Crippen MR) is 52.9 cm³/mol. The molecule has 0 aromatic carbocycles. The molecule has 1 heterocycles. The molecule has 1 N–H and O–H groups in total. The second kappa shape index (κ2) is 6.05. The van der Waals surface area contributed by atoms with E-state index in [9.17, 15) is 0 Å². The van der Waals surface area contributed by atoms with E-state index < -0.39 is 0 Å². The van der Waals surface area contributed by atoms with Gasteiger partial charge in [0.15, 0.2) is 0 Å². The van der Waals surface area contributed by atoms with Crippen LogP contribution in [0.2, 0.25) is 0 Å². The summed E-state index contributed by atoms with van der Waals surface area (Å²) >= 11 is 1.63. The number of rotatable bonds is 6. The van der Waals surface area contributed by atoms with Crippen LogP contribution in [0.4, 0.5) is 0 Å². The Kier molecular flexibility index (Phi) is 4.93. The van der Waals surface area contributed by atoms with E-state index in [1.807, 2.05) is 6.92 Å². The summed E-state index contributed by atoms with van der Waals surface area (Å²) in [4.78, 5) is 4.18. The van der Waals surface area contributed by atoms with Gasteiger partial charge in [0, 0.05) is 12.4 Å². The van der Waals surface area contributed by atoms with Crippen molar-refractivity contribution in [2.24, 2.45) is 0 Å². The normalized spacial score (nSPS) is 10.6. The summed E-state index contributed by atoms with van der Waals surface area (Å²) in [5.74, 6) is 1.01. The van der Waals surface area contributed by atoms with Crippen molar-refractivity contribution < 1.29 is 9.52 Å². The van der Waals surface area contributed by atoms with Crippen LogP contribution < -0.4 is 0 Å². The molecule has 1 aromatic rings. The third-order valence-electron chi connectivity index (χ3n) is 1.63. The minimum absolute atomic E-state index is 0.294. The molecular weight excluding hydrogens is 186 g/mol. The third kappa shape index (κ3) is 4.33. The van der Waals surface area contributed by atoms with Gasteiger partial charge in [-0.05, 0) is 19.8 Å². The van der Waals surface area contributed by atoms with Gasteiger partial charge in [0.1, 0.15) is 6.26 Å². The van der Waals surface area contributed by atoms with Gasteiger partial charge in [0.25, 0.3) is 5.22 Å². The first kappa shape index (κ1) is 10.6. The van der Waals surface area contributed by atoms with E-state index in [0.717, 1.165) is 35.9 Å². The Morgan fingerprint density at radius 3 is 2.92 bits per heavy atom. The monoisotopic (exact) mass is 201 g/mol. The number of unbranched alkanes of at least 4 members (excludes halogenated alkanes) is 2. The fourth-order valence-corrected chi connectivity index (χ4v) is 1.80. The first-order chi connectivity index (χ1) is 6.33. The number of thioether (sulfide) groups is 1. The van der Waals surface area contributed by atoms with E-state index in [1.54, 1.807) is 18.0 Å². The van der Waals surface area contributed by atoms with Crippen LogP contribution in [0.15, 0.2) is 15.9 Å². The smallest absolute Gasteiger partial charge is 0.255 e. The molecule has 0 unspecified atom stereocenters. The number of aryl methyl sites for hydroxylation is 1. The van der Waals surface area contributed by atoms with Gasteiger partial charge in [-0.15, -0.1) is 0 Å². The van der Waals surface area contributed by atoms with Crippen molar-refractivity contribution >= 4 is 11.8 Å². The van der Waals surface area contributed by atoms with Gasteiger partial charge in [-0.25, -0.2) is 4.98 Å². The molecule has 0 bridgehead atoms. The molecule has 0 radical (unpaired) electrons. The van der Waals surface area contributed by atoms with Gasteiger partial charge in [-0.1, -0.05) is 18.2 Å². The number of aliphatic hydroxyl groups is 1. The molecule has 74 valence electrons. The second-order valence-corrected chi connectivity index (χ2v) is 3.93. The van der Waals surface area contributed by atoms with Gasteiger partial charge < -0.3 is 9.52 Å². The Morgan fingerprint density at radius 1 is 1.46 bits per heavy atom. The number of hydrogen-bond acceptors (Lipinski definition) is 4. The van der Waals surface area contributed by atoms with E-state index in [0.29, 0.717) is 6.61 Å².